The van der Waals surface area contributed by atoms with E-state index in [1.807, 2.05) is 81.5 Å². The van der Waals surface area contributed by atoms with Crippen LogP contribution < -0.4 is 10.6 Å². The number of allylic oxidation sites excluding steroid dienone is 4. The van der Waals surface area contributed by atoms with Crippen LogP contribution in [0.5, 0.6) is 0 Å². The number of para-hydroxylation sites is 1. The highest BCUT2D eigenvalue weighted by molar-refractivity contribution is 5.95. The Kier molecular flexibility index (Phi) is 8.69. The molecular weight excluding hydrogens is 492 g/mol. The van der Waals surface area contributed by atoms with Crippen molar-refractivity contribution in [2.24, 2.45) is 17.8 Å². The van der Waals surface area contributed by atoms with E-state index in [0.29, 0.717) is 24.2 Å². The zero-order valence-corrected chi connectivity index (χ0v) is 22.7. The van der Waals surface area contributed by atoms with E-state index in [1.165, 1.54) is 0 Å². The summed E-state index contributed by atoms with van der Waals surface area (Å²) in [5, 5.41) is 15.5. The third-order valence-corrected chi connectivity index (χ3v) is 7.80. The van der Waals surface area contributed by atoms with Gasteiger partial charge in [-0.15, -0.1) is 0 Å². The van der Waals surface area contributed by atoms with Gasteiger partial charge in [0.15, 0.2) is 0 Å². The summed E-state index contributed by atoms with van der Waals surface area (Å²) in [6.45, 7) is 10.0. The minimum atomic E-state index is -0.914. The number of aliphatic carboxylic acids is 1. The maximum atomic E-state index is 13.1. The Balaban J connectivity index is 1.53. The highest BCUT2D eigenvalue weighted by Crippen LogP contribution is 2.39. The molecule has 2 aliphatic rings. The minimum Gasteiger partial charge on any atom is -0.481 e. The first-order chi connectivity index (χ1) is 18.7. The number of carboxylic acid groups (broad SMARTS) is 1. The Morgan fingerprint density at radius 3 is 2.36 bits per heavy atom. The van der Waals surface area contributed by atoms with E-state index in [2.05, 4.69) is 17.2 Å². The molecule has 7 heteroatoms. The molecular formula is C32H36N2O5. The summed E-state index contributed by atoms with van der Waals surface area (Å²) in [4.78, 5) is 37.6. The van der Waals surface area contributed by atoms with Gasteiger partial charge in [0.05, 0.1) is 17.5 Å². The van der Waals surface area contributed by atoms with Gasteiger partial charge >= 0.3 is 12.1 Å². The Hall–Kier alpha value is -4.13. The van der Waals surface area contributed by atoms with Crippen molar-refractivity contribution in [1.29, 1.82) is 0 Å². The fourth-order valence-corrected chi connectivity index (χ4v) is 5.38. The van der Waals surface area contributed by atoms with E-state index >= 15 is 0 Å². The number of aryl methyl sites for hydroxylation is 1. The van der Waals surface area contributed by atoms with E-state index in [-0.39, 0.29) is 11.8 Å². The standard InChI is InChI=1S/C32H36N2O5/c1-19-11-10-16-25(29(19)34-32(38)39-22(4)23-12-6-5-7-13-23)24-17-18-28(21(3)20(24)2)33-30(35)26-14-8-9-15-27(26)31(36)37/h5-7,10-13,16-18,21-22,26-27H,2,8-9,14-15H2,1,3-4H3,(H,33,35)(H,34,38)(H,36,37)/t21?,22-,26+,27+/m1/s1. The van der Waals surface area contributed by atoms with E-state index in [4.69, 9.17) is 4.74 Å². The molecule has 4 atom stereocenters. The molecule has 3 N–H and O–H groups in total. The lowest BCUT2D eigenvalue weighted by Crippen LogP contribution is -2.40. The fourth-order valence-electron chi connectivity index (χ4n) is 5.38. The normalized spacial score (nSPS) is 21.7. The van der Waals surface area contributed by atoms with Gasteiger partial charge < -0.3 is 15.2 Å². The van der Waals surface area contributed by atoms with Gasteiger partial charge in [0.1, 0.15) is 6.10 Å². The first-order valence-electron chi connectivity index (χ1n) is 13.4. The minimum absolute atomic E-state index is 0.209. The van der Waals surface area contributed by atoms with Crippen molar-refractivity contribution >= 4 is 29.2 Å². The topological polar surface area (TPSA) is 105 Å². The number of hydrogen-bond acceptors (Lipinski definition) is 4. The lowest BCUT2D eigenvalue weighted by Gasteiger charge is -2.30. The molecule has 7 nitrogen and oxygen atoms in total. The molecule has 1 saturated carbocycles. The highest BCUT2D eigenvalue weighted by Gasteiger charge is 2.36. The largest absolute Gasteiger partial charge is 0.481 e. The summed E-state index contributed by atoms with van der Waals surface area (Å²) in [5.41, 5.74) is 5.52. The van der Waals surface area contributed by atoms with Crippen LogP contribution in [0, 0.1) is 24.7 Å². The summed E-state index contributed by atoms with van der Waals surface area (Å²) in [5.74, 6) is -2.57. The number of ether oxygens (including phenoxy) is 1. The first kappa shape index (κ1) is 27.9. The third kappa shape index (κ3) is 6.30. The molecule has 0 aliphatic heterocycles. The van der Waals surface area contributed by atoms with Gasteiger partial charge in [-0.1, -0.05) is 81.0 Å². The second-order valence-corrected chi connectivity index (χ2v) is 10.4. The van der Waals surface area contributed by atoms with Gasteiger partial charge in [-0.05, 0) is 55.0 Å². The van der Waals surface area contributed by atoms with Crippen LogP contribution >= 0.6 is 0 Å². The summed E-state index contributed by atoms with van der Waals surface area (Å²) >= 11 is 0. The van der Waals surface area contributed by atoms with Gasteiger partial charge in [-0.3, -0.25) is 14.9 Å². The number of rotatable bonds is 7. The number of anilines is 1. The highest BCUT2D eigenvalue weighted by atomic mass is 16.6. The van der Waals surface area contributed by atoms with Crippen LogP contribution in [0.25, 0.3) is 5.57 Å². The molecule has 2 amide bonds. The number of benzene rings is 2. The molecule has 1 fully saturated rings. The third-order valence-electron chi connectivity index (χ3n) is 7.80. The average molecular weight is 529 g/mol. The van der Waals surface area contributed by atoms with Crippen LogP contribution in [-0.2, 0) is 14.3 Å². The molecule has 0 radical (unpaired) electrons. The molecule has 39 heavy (non-hydrogen) atoms. The molecule has 0 spiro atoms. The molecule has 2 aliphatic carbocycles. The first-order valence-corrected chi connectivity index (χ1v) is 13.4. The Morgan fingerprint density at radius 2 is 1.67 bits per heavy atom. The van der Waals surface area contributed by atoms with Crippen LogP contribution in [0.2, 0.25) is 0 Å². The van der Waals surface area contributed by atoms with E-state index in [9.17, 15) is 19.5 Å². The Bertz CT molecular complexity index is 1330. The molecule has 2 aromatic rings. The molecule has 1 unspecified atom stereocenters. The molecule has 0 aromatic heterocycles. The second-order valence-electron chi connectivity index (χ2n) is 10.4. The number of carbonyl (C=O) groups excluding carboxylic acids is 2. The van der Waals surface area contributed by atoms with Gasteiger partial charge in [0, 0.05) is 17.2 Å². The molecule has 4 rings (SSSR count). The number of nitrogens with one attached hydrogen (secondary N) is 2. The SMILES string of the molecule is C=C1C(c2cccc(C)c2NC(=O)O[C@H](C)c2ccccc2)=CC=C(NC(=O)[C@H]2CCCC[C@@H]2C(=O)O)C1C. The maximum Gasteiger partial charge on any atom is 0.412 e. The van der Waals surface area contributed by atoms with Crippen LogP contribution in [0.15, 0.2) is 78.5 Å². The average Bonchev–Trinajstić information content (AvgIpc) is 2.93. The van der Waals surface area contributed by atoms with Crippen LogP contribution in [0.3, 0.4) is 0 Å². The summed E-state index contributed by atoms with van der Waals surface area (Å²) in [7, 11) is 0. The van der Waals surface area contributed by atoms with Crippen LogP contribution in [0.1, 0.15) is 62.3 Å². The van der Waals surface area contributed by atoms with Gasteiger partial charge in [-0.25, -0.2) is 4.79 Å². The van der Waals surface area contributed by atoms with Crippen LogP contribution in [-0.4, -0.2) is 23.1 Å². The van der Waals surface area contributed by atoms with E-state index < -0.39 is 30.0 Å². The molecule has 204 valence electrons. The molecule has 0 saturated heterocycles. The van der Waals surface area contributed by atoms with E-state index in [1.54, 1.807) is 0 Å². The molecule has 0 heterocycles. The molecule has 2 aromatic carbocycles. The van der Waals surface area contributed by atoms with Crippen molar-refractivity contribution < 1.29 is 24.2 Å². The van der Waals surface area contributed by atoms with Crippen molar-refractivity contribution in [3.63, 3.8) is 0 Å². The van der Waals surface area contributed by atoms with Crippen LogP contribution in [0.4, 0.5) is 10.5 Å². The van der Waals surface area contributed by atoms with Crippen molar-refractivity contribution in [2.45, 2.75) is 52.6 Å². The summed E-state index contributed by atoms with van der Waals surface area (Å²) < 4.78 is 5.64. The quantitative estimate of drug-likeness (QED) is 0.367. The number of hydrogen-bond donors (Lipinski definition) is 3. The summed E-state index contributed by atoms with van der Waals surface area (Å²) in [6.07, 6.45) is 5.52. The second kappa shape index (κ2) is 12.2. The number of carbonyl (C=O) groups is 3. The van der Waals surface area contributed by atoms with Crippen molar-refractivity contribution in [3.8, 4) is 0 Å². The summed E-state index contributed by atoms with van der Waals surface area (Å²) in [6, 6.07) is 15.3. The number of carboxylic acids is 1. The van der Waals surface area contributed by atoms with E-state index in [0.717, 1.165) is 40.7 Å². The lowest BCUT2D eigenvalue weighted by atomic mass is 9.78. The Morgan fingerprint density at radius 1 is 0.974 bits per heavy atom. The lowest BCUT2D eigenvalue weighted by molar-refractivity contribution is -0.148. The molecule has 0 bridgehead atoms. The zero-order valence-electron chi connectivity index (χ0n) is 22.7. The Labute approximate surface area is 229 Å². The van der Waals surface area contributed by atoms with Crippen molar-refractivity contribution in [1.82, 2.24) is 5.32 Å². The van der Waals surface area contributed by atoms with Gasteiger partial charge in [-0.2, -0.15) is 0 Å². The smallest absolute Gasteiger partial charge is 0.412 e. The van der Waals surface area contributed by atoms with Gasteiger partial charge in [0.2, 0.25) is 5.91 Å². The predicted octanol–water partition coefficient (Wildman–Crippen LogP) is 6.79. The zero-order chi connectivity index (χ0) is 28.1. The maximum absolute atomic E-state index is 13.1. The predicted molar refractivity (Wildman–Crippen MR) is 152 cm³/mol. The van der Waals surface area contributed by atoms with Gasteiger partial charge in [0.25, 0.3) is 0 Å². The number of amides is 2. The van der Waals surface area contributed by atoms with Crippen molar-refractivity contribution in [2.75, 3.05) is 5.32 Å². The monoisotopic (exact) mass is 528 g/mol. The fraction of sp³-hybridized carbons (Fsp3) is 0.344. The van der Waals surface area contributed by atoms with Crippen molar-refractivity contribution in [3.05, 3.63) is 95.2 Å².